The van der Waals surface area contributed by atoms with E-state index in [1.54, 1.807) is 0 Å². The van der Waals surface area contributed by atoms with Gasteiger partial charge in [0.25, 0.3) is 6.10 Å². The predicted molar refractivity (Wildman–Crippen MR) is 50.3 cm³/mol. The molecule has 0 saturated carbocycles. The summed E-state index contributed by atoms with van der Waals surface area (Å²) in [4.78, 5) is 0. The number of alkyl halides is 6. The third-order valence-electron chi connectivity index (χ3n) is 1.16. The van der Waals surface area contributed by atoms with Crippen LogP contribution in [-0.4, -0.2) is 35.2 Å². The van der Waals surface area contributed by atoms with Gasteiger partial charge in [-0.15, -0.1) is 0 Å². The van der Waals surface area contributed by atoms with Crippen molar-refractivity contribution in [2.75, 3.05) is 0 Å². The van der Waals surface area contributed by atoms with Crippen molar-refractivity contribution in [3.05, 3.63) is 0 Å². The third kappa shape index (κ3) is 6.56. The molecule has 18 heavy (non-hydrogen) atoms. The van der Waals surface area contributed by atoms with Gasteiger partial charge in [0.15, 0.2) is 0 Å². The Bertz CT molecular complexity index is 366. The van der Waals surface area contributed by atoms with E-state index < -0.39 is 37.2 Å². The molecule has 0 saturated heterocycles. The Morgan fingerprint density at radius 2 is 1.28 bits per heavy atom. The maximum atomic E-state index is 12.0. The van der Waals surface area contributed by atoms with E-state index in [-0.39, 0.29) is 0 Å². The van der Waals surface area contributed by atoms with Crippen LogP contribution in [0.1, 0.15) is 0 Å². The summed E-state index contributed by atoms with van der Waals surface area (Å²) >= 11 is 0. The monoisotopic (exact) mass is 320 g/mol. The highest BCUT2D eigenvalue weighted by Gasteiger charge is 2.60. The molecule has 0 atom stereocenters. The first-order valence-corrected chi connectivity index (χ1v) is 9.06. The number of rotatable bonds is 4. The van der Waals surface area contributed by atoms with Crippen molar-refractivity contribution in [1.29, 1.82) is 0 Å². The van der Waals surface area contributed by atoms with Crippen LogP contribution in [0.25, 0.3) is 0 Å². The van der Waals surface area contributed by atoms with Crippen LogP contribution in [-0.2, 0) is 18.5 Å². The van der Waals surface area contributed by atoms with E-state index in [0.29, 0.717) is 0 Å². The summed E-state index contributed by atoms with van der Waals surface area (Å²) in [7, 11) is -8.31. The quantitative estimate of drug-likeness (QED) is 0.590. The molecule has 0 aliphatic carbocycles. The van der Waals surface area contributed by atoms with Crippen LogP contribution in [0.2, 0.25) is 19.6 Å². The second-order valence-corrected chi connectivity index (χ2v) is 10.1. The minimum atomic E-state index is -5.91. The van der Waals surface area contributed by atoms with Crippen molar-refractivity contribution in [3.8, 4) is 0 Å². The zero-order chi connectivity index (χ0) is 15.0. The Morgan fingerprint density at radius 3 is 1.50 bits per heavy atom. The second kappa shape index (κ2) is 4.98. The summed E-state index contributed by atoms with van der Waals surface area (Å²) in [5, 5.41) is 0. The van der Waals surface area contributed by atoms with Crippen LogP contribution in [0, 0.1) is 0 Å². The second-order valence-electron chi connectivity index (χ2n) is 4.16. The van der Waals surface area contributed by atoms with E-state index in [4.69, 9.17) is 0 Å². The maximum absolute atomic E-state index is 12.0. The van der Waals surface area contributed by atoms with Crippen molar-refractivity contribution in [1.82, 2.24) is 0 Å². The van der Waals surface area contributed by atoms with Gasteiger partial charge in [0, 0.05) is 0 Å². The molecule has 0 unspecified atom stereocenters. The lowest BCUT2D eigenvalue weighted by Crippen LogP contribution is -2.46. The van der Waals surface area contributed by atoms with Crippen molar-refractivity contribution in [3.63, 3.8) is 0 Å². The van der Waals surface area contributed by atoms with Crippen LogP contribution in [0.15, 0.2) is 0 Å². The normalized spacial score (nSPS) is 15.2. The number of halogens is 6. The van der Waals surface area contributed by atoms with E-state index in [1.165, 1.54) is 19.6 Å². The van der Waals surface area contributed by atoms with Gasteiger partial charge in [0.1, 0.15) is 0 Å². The van der Waals surface area contributed by atoms with Gasteiger partial charge < -0.3 is 0 Å². The van der Waals surface area contributed by atoms with E-state index in [1.807, 2.05) is 0 Å². The zero-order valence-corrected chi connectivity index (χ0v) is 11.2. The molecule has 0 amide bonds. The first kappa shape index (κ1) is 17.7. The molecule has 0 N–H and O–H groups in total. The minimum absolute atomic E-state index is 1.25. The fraction of sp³-hybridized carbons (Fsp3) is 1.00. The Morgan fingerprint density at radius 1 is 0.944 bits per heavy atom. The molecule has 0 spiro atoms. The standard InChI is InChI=1S/C6H10F6O4SSi/c1-18(2,3)16-17(13,14)15-4(5(7,8)9)6(10,11)12/h4H,1-3H3. The average Bonchev–Trinajstić information content (AvgIpc) is 1.90. The molecular weight excluding hydrogens is 310 g/mol. The van der Waals surface area contributed by atoms with Crippen molar-refractivity contribution < 1.29 is 42.8 Å². The van der Waals surface area contributed by atoms with Gasteiger partial charge in [0.2, 0.25) is 8.32 Å². The molecule has 12 heteroatoms. The van der Waals surface area contributed by atoms with Crippen molar-refractivity contribution >= 4 is 18.7 Å². The zero-order valence-electron chi connectivity index (χ0n) is 9.39. The first-order chi connectivity index (χ1) is 7.55. The highest BCUT2D eigenvalue weighted by Crippen LogP contribution is 2.37. The van der Waals surface area contributed by atoms with Crippen LogP contribution < -0.4 is 0 Å². The molecule has 4 nitrogen and oxygen atoms in total. The number of hydrogen-bond acceptors (Lipinski definition) is 4. The Kier molecular flexibility index (Phi) is 4.89. The van der Waals surface area contributed by atoms with E-state index in [0.717, 1.165) is 0 Å². The van der Waals surface area contributed by atoms with Crippen molar-refractivity contribution in [2.45, 2.75) is 38.1 Å². The summed E-state index contributed by atoms with van der Waals surface area (Å²) in [6.07, 6.45) is -16.3. The molecule has 0 aliphatic heterocycles. The SMILES string of the molecule is C[Si](C)(C)OS(=O)(=O)OC(C(F)(F)F)C(F)(F)F. The van der Waals surface area contributed by atoms with Crippen molar-refractivity contribution in [2.24, 2.45) is 0 Å². The van der Waals surface area contributed by atoms with Gasteiger partial charge in [-0.1, -0.05) is 0 Å². The van der Waals surface area contributed by atoms with Gasteiger partial charge >= 0.3 is 22.8 Å². The highest BCUT2D eigenvalue weighted by molar-refractivity contribution is 7.83. The third-order valence-corrected chi connectivity index (χ3v) is 4.41. The molecule has 0 bridgehead atoms. The summed E-state index contributed by atoms with van der Waals surface area (Å²) in [5.41, 5.74) is 0. The summed E-state index contributed by atoms with van der Waals surface area (Å²) in [6.45, 7) is 3.76. The lowest BCUT2D eigenvalue weighted by Gasteiger charge is -2.24. The molecule has 0 rings (SSSR count). The molecule has 0 aromatic heterocycles. The smallest absolute Gasteiger partial charge is 0.294 e. The van der Waals surface area contributed by atoms with Crippen LogP contribution in [0.4, 0.5) is 26.3 Å². The Hall–Kier alpha value is -0.333. The van der Waals surface area contributed by atoms with Gasteiger partial charge in [-0.25, -0.2) is 4.18 Å². The molecule has 0 aliphatic rings. The Labute approximate surface area is 100 Å². The lowest BCUT2D eigenvalue weighted by molar-refractivity contribution is -0.300. The van der Waals surface area contributed by atoms with Crippen LogP contribution in [0.5, 0.6) is 0 Å². The Balaban J connectivity index is 5.15. The molecule has 0 aromatic rings. The van der Waals surface area contributed by atoms with Gasteiger partial charge in [-0.2, -0.15) is 34.8 Å². The molecular formula is C6H10F6O4SSi. The minimum Gasteiger partial charge on any atom is -0.294 e. The van der Waals surface area contributed by atoms with Gasteiger partial charge in [-0.05, 0) is 19.6 Å². The maximum Gasteiger partial charge on any atom is 0.425 e. The van der Waals surface area contributed by atoms with E-state index in [2.05, 4.69) is 8.06 Å². The lowest BCUT2D eigenvalue weighted by atomic mass is 10.3. The topological polar surface area (TPSA) is 52.6 Å². The van der Waals surface area contributed by atoms with E-state index >= 15 is 0 Å². The van der Waals surface area contributed by atoms with E-state index in [9.17, 15) is 34.8 Å². The van der Waals surface area contributed by atoms with Crippen LogP contribution >= 0.6 is 0 Å². The molecule has 0 heterocycles. The molecule has 0 aromatic carbocycles. The summed E-state index contributed by atoms with van der Waals surface area (Å²) in [6, 6.07) is 0. The fourth-order valence-corrected chi connectivity index (χ4v) is 3.80. The molecule has 0 radical (unpaired) electrons. The van der Waals surface area contributed by atoms with Crippen LogP contribution in [0.3, 0.4) is 0 Å². The number of hydrogen-bond donors (Lipinski definition) is 0. The summed E-state index contributed by atoms with van der Waals surface area (Å²) in [5.74, 6) is 0. The van der Waals surface area contributed by atoms with Gasteiger partial charge in [0.05, 0.1) is 0 Å². The predicted octanol–water partition coefficient (Wildman–Crippen LogP) is 2.59. The fourth-order valence-electron chi connectivity index (χ4n) is 0.738. The molecule has 110 valence electrons. The molecule has 0 fully saturated rings. The summed E-state index contributed by atoms with van der Waals surface area (Å²) < 4.78 is 101. The largest absolute Gasteiger partial charge is 0.425 e. The highest BCUT2D eigenvalue weighted by atomic mass is 32.3. The average molecular weight is 320 g/mol. The first-order valence-electron chi connectivity index (χ1n) is 4.32. The van der Waals surface area contributed by atoms with Gasteiger partial charge in [-0.3, -0.25) is 3.87 Å².